The monoisotopic (exact) mass is 475 g/mol. The van der Waals surface area contributed by atoms with E-state index in [9.17, 15) is 22.8 Å². The van der Waals surface area contributed by atoms with Crippen molar-refractivity contribution in [2.45, 2.75) is 71.5 Å². The van der Waals surface area contributed by atoms with Crippen molar-refractivity contribution >= 4 is 17.5 Å². The largest absolute Gasteiger partial charge is 0.416 e. The number of benzene rings is 1. The van der Waals surface area contributed by atoms with Crippen LogP contribution in [0.3, 0.4) is 0 Å². The van der Waals surface area contributed by atoms with Crippen LogP contribution in [0.5, 0.6) is 0 Å². The molecule has 0 unspecified atom stereocenters. The molecular weight excluding hydrogens is 443 g/mol. The van der Waals surface area contributed by atoms with Crippen molar-refractivity contribution in [1.29, 1.82) is 0 Å². The quantitative estimate of drug-likeness (QED) is 0.565. The van der Waals surface area contributed by atoms with Gasteiger partial charge in [0.25, 0.3) is 0 Å². The van der Waals surface area contributed by atoms with E-state index < -0.39 is 17.8 Å². The number of carbonyl (C=O) groups is 2. The third kappa shape index (κ3) is 6.81. The number of ketones is 1. The van der Waals surface area contributed by atoms with Crippen molar-refractivity contribution in [3.8, 4) is 0 Å². The van der Waals surface area contributed by atoms with E-state index >= 15 is 0 Å². The molecule has 1 aliphatic carbocycles. The summed E-state index contributed by atoms with van der Waals surface area (Å²) in [5.74, 6) is 0.139. The second-order valence-electron chi connectivity index (χ2n) is 9.46. The number of aromatic nitrogens is 1. The molecule has 1 aromatic heterocycles. The van der Waals surface area contributed by atoms with Gasteiger partial charge in [0, 0.05) is 18.0 Å². The lowest BCUT2D eigenvalue weighted by atomic mass is 9.94. The van der Waals surface area contributed by atoms with Crippen molar-refractivity contribution in [2.24, 2.45) is 11.8 Å². The Hall–Kier alpha value is -2.90. The topological polar surface area (TPSA) is 85.1 Å². The average molecular weight is 476 g/mol. The molecule has 3 N–H and O–H groups in total. The predicted molar refractivity (Wildman–Crippen MR) is 125 cm³/mol. The molecule has 1 amide bonds. The summed E-state index contributed by atoms with van der Waals surface area (Å²) in [6, 6.07) is 7.10. The second-order valence-corrected chi connectivity index (χ2v) is 9.46. The molecule has 1 heterocycles. The number of anilines is 1. The summed E-state index contributed by atoms with van der Waals surface area (Å²) in [4.78, 5) is 29.5. The minimum absolute atomic E-state index is 0.0569. The first kappa shape index (κ1) is 25.7. The summed E-state index contributed by atoms with van der Waals surface area (Å²) in [5, 5.41) is 2.83. The minimum Gasteiger partial charge on any atom is -0.384 e. The molecule has 1 aromatic carbocycles. The Morgan fingerprint density at radius 2 is 1.91 bits per heavy atom. The zero-order valence-corrected chi connectivity index (χ0v) is 19.8. The van der Waals surface area contributed by atoms with Gasteiger partial charge in [-0.25, -0.2) is 4.98 Å². The summed E-state index contributed by atoms with van der Waals surface area (Å²) in [5.41, 5.74) is 7.99. The number of hydrogen-bond acceptors (Lipinski definition) is 4. The van der Waals surface area contributed by atoms with E-state index in [-0.39, 0.29) is 29.9 Å². The van der Waals surface area contributed by atoms with Gasteiger partial charge in [-0.15, -0.1) is 0 Å². The van der Waals surface area contributed by atoms with Gasteiger partial charge in [0.1, 0.15) is 5.82 Å². The number of nitrogens with two attached hydrogens (primary N) is 1. The Kier molecular flexibility index (Phi) is 8.00. The molecule has 3 atom stereocenters. The highest BCUT2D eigenvalue weighted by atomic mass is 19.4. The van der Waals surface area contributed by atoms with Crippen molar-refractivity contribution in [3.63, 3.8) is 0 Å². The summed E-state index contributed by atoms with van der Waals surface area (Å²) in [7, 11) is 0. The van der Waals surface area contributed by atoms with E-state index in [2.05, 4.69) is 10.3 Å². The van der Waals surface area contributed by atoms with Gasteiger partial charge in [-0.2, -0.15) is 13.2 Å². The van der Waals surface area contributed by atoms with Gasteiger partial charge in [0.15, 0.2) is 5.78 Å². The SMILES string of the molecule is Cc1cc(C[C@@H]2CC[C@@H](C(=O)N[C@@H](C)C(=O)CCc3ccc(N)nc3C)C2)cc(C(F)(F)F)c1. The number of amides is 1. The lowest BCUT2D eigenvalue weighted by molar-refractivity contribution is -0.137. The Bertz CT molecular complexity index is 1050. The Morgan fingerprint density at radius 1 is 1.18 bits per heavy atom. The lowest BCUT2D eigenvalue weighted by Crippen LogP contribution is -2.41. The van der Waals surface area contributed by atoms with Crippen LogP contribution in [0.4, 0.5) is 19.0 Å². The smallest absolute Gasteiger partial charge is 0.384 e. The van der Waals surface area contributed by atoms with Crippen molar-refractivity contribution in [1.82, 2.24) is 10.3 Å². The minimum atomic E-state index is -4.37. The fourth-order valence-electron chi connectivity index (χ4n) is 4.74. The zero-order valence-electron chi connectivity index (χ0n) is 19.8. The summed E-state index contributed by atoms with van der Waals surface area (Å²) in [6.07, 6.45) is -0.984. The maximum Gasteiger partial charge on any atom is 0.416 e. The normalized spacial score (nSPS) is 19.1. The molecule has 3 rings (SSSR count). The van der Waals surface area contributed by atoms with Crippen molar-refractivity contribution in [3.05, 3.63) is 58.3 Å². The maximum absolute atomic E-state index is 13.1. The molecule has 0 bridgehead atoms. The van der Waals surface area contributed by atoms with Crippen LogP contribution in [0.25, 0.3) is 0 Å². The molecule has 2 aromatic rings. The van der Waals surface area contributed by atoms with Gasteiger partial charge in [-0.1, -0.05) is 17.7 Å². The Balaban J connectivity index is 1.49. The summed E-state index contributed by atoms with van der Waals surface area (Å²) in [6.45, 7) is 5.19. The molecule has 184 valence electrons. The van der Waals surface area contributed by atoms with E-state index in [1.807, 2.05) is 13.0 Å². The van der Waals surface area contributed by atoms with Gasteiger partial charge >= 0.3 is 6.18 Å². The molecule has 0 spiro atoms. The highest BCUT2D eigenvalue weighted by molar-refractivity contribution is 5.89. The van der Waals surface area contributed by atoms with E-state index in [1.54, 1.807) is 26.0 Å². The second kappa shape index (κ2) is 10.6. The van der Waals surface area contributed by atoms with Crippen LogP contribution in [0, 0.1) is 25.7 Å². The summed E-state index contributed by atoms with van der Waals surface area (Å²) >= 11 is 0. The zero-order chi connectivity index (χ0) is 25.0. The molecule has 0 radical (unpaired) electrons. The number of halogens is 3. The van der Waals surface area contributed by atoms with E-state index in [0.29, 0.717) is 42.6 Å². The number of rotatable bonds is 8. The fourth-order valence-corrected chi connectivity index (χ4v) is 4.74. The first-order chi connectivity index (χ1) is 15.9. The van der Waals surface area contributed by atoms with Crippen LogP contribution in [-0.2, 0) is 28.6 Å². The van der Waals surface area contributed by atoms with E-state index in [4.69, 9.17) is 5.73 Å². The number of nitrogen functional groups attached to an aromatic ring is 1. The highest BCUT2D eigenvalue weighted by Crippen LogP contribution is 2.35. The number of aryl methyl sites for hydroxylation is 3. The van der Waals surface area contributed by atoms with Crippen LogP contribution < -0.4 is 11.1 Å². The van der Waals surface area contributed by atoms with Crippen LogP contribution >= 0.6 is 0 Å². The number of nitrogens with zero attached hydrogens (tertiary/aromatic N) is 1. The van der Waals surface area contributed by atoms with Crippen LogP contribution in [-0.4, -0.2) is 22.7 Å². The molecule has 1 saturated carbocycles. The standard InChI is InChI=1S/C26H32F3N3O2/c1-15-10-19(14-22(11-15)26(27,28)29)12-18-4-5-21(13-18)25(34)32-17(3)23(33)8-6-20-7-9-24(30)31-16(20)2/h7,9-11,14,17-18,21H,4-6,8,12-13H2,1-3H3,(H2,30,31)(H,32,34)/t17-,18-,21+/m0/s1. The van der Waals surface area contributed by atoms with Crippen LogP contribution in [0.2, 0.25) is 0 Å². The molecule has 0 saturated heterocycles. The highest BCUT2D eigenvalue weighted by Gasteiger charge is 2.33. The lowest BCUT2D eigenvalue weighted by Gasteiger charge is -2.17. The number of carbonyl (C=O) groups excluding carboxylic acids is 2. The van der Waals surface area contributed by atoms with E-state index in [1.165, 1.54) is 6.07 Å². The van der Waals surface area contributed by atoms with Crippen LogP contribution in [0.15, 0.2) is 30.3 Å². The van der Waals surface area contributed by atoms with Crippen molar-refractivity contribution < 1.29 is 22.8 Å². The number of alkyl halides is 3. The van der Waals surface area contributed by atoms with Gasteiger partial charge in [-0.3, -0.25) is 9.59 Å². The Morgan fingerprint density at radius 3 is 2.59 bits per heavy atom. The third-order valence-electron chi connectivity index (χ3n) is 6.60. The van der Waals surface area contributed by atoms with Gasteiger partial charge in [0.2, 0.25) is 5.91 Å². The molecule has 8 heteroatoms. The number of hydrogen-bond donors (Lipinski definition) is 2. The maximum atomic E-state index is 13.1. The number of pyridine rings is 1. The molecule has 1 aliphatic rings. The molecule has 34 heavy (non-hydrogen) atoms. The summed E-state index contributed by atoms with van der Waals surface area (Å²) < 4.78 is 39.3. The first-order valence-corrected chi connectivity index (χ1v) is 11.6. The Labute approximate surface area is 198 Å². The van der Waals surface area contributed by atoms with Crippen molar-refractivity contribution in [2.75, 3.05) is 5.73 Å². The van der Waals surface area contributed by atoms with Gasteiger partial charge < -0.3 is 11.1 Å². The molecule has 5 nitrogen and oxygen atoms in total. The van der Waals surface area contributed by atoms with E-state index in [0.717, 1.165) is 23.7 Å². The molecule has 0 aliphatic heterocycles. The van der Waals surface area contributed by atoms with Crippen LogP contribution in [0.1, 0.15) is 60.6 Å². The number of Topliss-reactive ketones (excluding diaryl/α,β-unsaturated/α-hetero) is 1. The van der Waals surface area contributed by atoms with Gasteiger partial charge in [0.05, 0.1) is 11.6 Å². The number of nitrogens with one attached hydrogen (secondary N) is 1. The molecule has 1 fully saturated rings. The molecular formula is C26H32F3N3O2. The third-order valence-corrected chi connectivity index (χ3v) is 6.60. The predicted octanol–water partition coefficient (Wildman–Crippen LogP) is 4.96. The first-order valence-electron chi connectivity index (χ1n) is 11.6. The average Bonchev–Trinajstić information content (AvgIpc) is 3.20. The van der Waals surface area contributed by atoms with Gasteiger partial charge in [-0.05, 0) is 88.1 Å². The fraction of sp³-hybridized carbons (Fsp3) is 0.500.